The van der Waals surface area contributed by atoms with Crippen LogP contribution in [0.15, 0.2) is 12.2 Å². The zero-order valence-corrected chi connectivity index (χ0v) is 15.5. The summed E-state index contributed by atoms with van der Waals surface area (Å²) < 4.78 is 0. The molecule has 1 aliphatic rings. The number of hydrogen-bond acceptors (Lipinski definition) is 5. The molecule has 0 amide bonds. The fourth-order valence-corrected chi connectivity index (χ4v) is 3.74. The Balaban J connectivity index is 2.38. The van der Waals surface area contributed by atoms with Gasteiger partial charge in [-0.05, 0) is 31.6 Å². The third-order valence-corrected chi connectivity index (χ3v) is 5.24. The van der Waals surface area contributed by atoms with Crippen LogP contribution in [0.25, 0.3) is 0 Å². The highest BCUT2D eigenvalue weighted by atomic mass is 16.4. The molecular formula is C20H35O5-. The first-order valence-electron chi connectivity index (χ1n) is 9.88. The number of aliphatic hydroxyl groups excluding tert-OH is 3. The van der Waals surface area contributed by atoms with Crippen molar-refractivity contribution in [1.29, 1.82) is 0 Å². The van der Waals surface area contributed by atoms with Crippen molar-refractivity contribution < 1.29 is 25.2 Å². The summed E-state index contributed by atoms with van der Waals surface area (Å²) in [5, 5.41) is 40.8. The summed E-state index contributed by atoms with van der Waals surface area (Å²) in [4.78, 5) is 10.4. The largest absolute Gasteiger partial charge is 0.550 e. The van der Waals surface area contributed by atoms with Crippen LogP contribution in [-0.4, -0.2) is 39.6 Å². The first-order valence-corrected chi connectivity index (χ1v) is 9.88. The van der Waals surface area contributed by atoms with Crippen LogP contribution in [0.1, 0.15) is 77.6 Å². The third kappa shape index (κ3) is 8.84. The fraction of sp³-hybridized carbons (Fsp3) is 0.850. The third-order valence-electron chi connectivity index (χ3n) is 5.24. The molecule has 0 radical (unpaired) electrons. The van der Waals surface area contributed by atoms with Gasteiger partial charge in [0, 0.05) is 18.3 Å². The van der Waals surface area contributed by atoms with E-state index in [4.69, 9.17) is 0 Å². The Bertz CT molecular complexity index is 396. The van der Waals surface area contributed by atoms with Gasteiger partial charge in [-0.15, -0.1) is 0 Å². The van der Waals surface area contributed by atoms with Gasteiger partial charge in [-0.1, -0.05) is 57.6 Å². The zero-order valence-electron chi connectivity index (χ0n) is 15.5. The van der Waals surface area contributed by atoms with Crippen LogP contribution in [0.4, 0.5) is 0 Å². The van der Waals surface area contributed by atoms with Gasteiger partial charge in [0.1, 0.15) is 0 Å². The molecule has 1 rings (SSSR count). The summed E-state index contributed by atoms with van der Waals surface area (Å²) in [6, 6.07) is 0. The Morgan fingerprint density at radius 1 is 1.12 bits per heavy atom. The monoisotopic (exact) mass is 355 g/mol. The topological polar surface area (TPSA) is 101 Å². The van der Waals surface area contributed by atoms with Crippen LogP contribution in [-0.2, 0) is 4.79 Å². The second kappa shape index (κ2) is 12.4. The predicted molar refractivity (Wildman–Crippen MR) is 95.6 cm³/mol. The van der Waals surface area contributed by atoms with Crippen LogP contribution in [0.3, 0.4) is 0 Å². The molecule has 0 saturated heterocycles. The Labute approximate surface area is 151 Å². The Kier molecular flexibility index (Phi) is 11.0. The maximum Gasteiger partial charge on any atom is 0.0721 e. The lowest BCUT2D eigenvalue weighted by molar-refractivity contribution is -0.305. The molecule has 5 atom stereocenters. The fourth-order valence-electron chi connectivity index (χ4n) is 3.74. The van der Waals surface area contributed by atoms with Crippen LogP contribution < -0.4 is 5.11 Å². The van der Waals surface area contributed by atoms with Gasteiger partial charge in [-0.2, -0.15) is 0 Å². The number of aliphatic hydroxyl groups is 3. The summed E-state index contributed by atoms with van der Waals surface area (Å²) >= 11 is 0. The molecule has 5 nitrogen and oxygen atoms in total. The van der Waals surface area contributed by atoms with Crippen LogP contribution >= 0.6 is 0 Å². The lowest BCUT2D eigenvalue weighted by Crippen LogP contribution is -2.21. The standard InChI is InChI=1S/C20H36O5/c1-2-3-6-9-15(21)12-13-17-16(18(22)14-19(17)23)10-7-4-5-8-11-20(24)25/h12-13,15-19,21-23H,2-11,14H2,1H3,(H,24,25)/p-1/b13-12+/t15-,16+,17+,18?,19+/m0/s1. The molecular weight excluding hydrogens is 320 g/mol. The van der Waals surface area contributed by atoms with Gasteiger partial charge in [0.25, 0.3) is 0 Å². The molecule has 5 heteroatoms. The van der Waals surface area contributed by atoms with Crippen molar-refractivity contribution in [2.75, 3.05) is 0 Å². The van der Waals surface area contributed by atoms with Gasteiger partial charge in [0.05, 0.1) is 18.3 Å². The quantitative estimate of drug-likeness (QED) is 0.346. The highest BCUT2D eigenvalue weighted by Crippen LogP contribution is 2.37. The van der Waals surface area contributed by atoms with Gasteiger partial charge in [-0.3, -0.25) is 0 Å². The number of carboxylic acids is 1. The molecule has 0 aromatic carbocycles. The number of carbonyl (C=O) groups is 1. The molecule has 1 unspecified atom stereocenters. The second-order valence-corrected chi connectivity index (χ2v) is 7.38. The summed E-state index contributed by atoms with van der Waals surface area (Å²) in [6.07, 6.45) is 10.7. The van der Waals surface area contributed by atoms with Gasteiger partial charge in [0.15, 0.2) is 0 Å². The lowest BCUT2D eigenvalue weighted by atomic mass is 9.88. The number of carboxylic acid groups (broad SMARTS) is 1. The number of rotatable bonds is 13. The minimum Gasteiger partial charge on any atom is -0.550 e. The van der Waals surface area contributed by atoms with E-state index in [1.807, 2.05) is 6.08 Å². The molecule has 0 aromatic heterocycles. The number of unbranched alkanes of at least 4 members (excludes halogenated alkanes) is 5. The van der Waals surface area contributed by atoms with Crippen molar-refractivity contribution in [1.82, 2.24) is 0 Å². The second-order valence-electron chi connectivity index (χ2n) is 7.38. The molecule has 0 aromatic rings. The Morgan fingerprint density at radius 2 is 1.84 bits per heavy atom. The maximum absolute atomic E-state index is 10.4. The van der Waals surface area contributed by atoms with Gasteiger partial charge in [-0.25, -0.2) is 0 Å². The van der Waals surface area contributed by atoms with E-state index in [1.54, 1.807) is 6.08 Å². The van der Waals surface area contributed by atoms with Crippen LogP contribution in [0.2, 0.25) is 0 Å². The lowest BCUT2D eigenvalue weighted by Gasteiger charge is -2.21. The molecule has 0 bridgehead atoms. The SMILES string of the molecule is CCCCC[C@H](O)/C=C/[C@H]1[C@H](O)CC(O)[C@@H]1CCCCCCC(=O)[O-]. The van der Waals surface area contributed by atoms with E-state index >= 15 is 0 Å². The van der Waals surface area contributed by atoms with E-state index in [-0.39, 0.29) is 18.3 Å². The molecule has 1 saturated carbocycles. The average Bonchev–Trinajstić information content (AvgIpc) is 2.82. The molecule has 25 heavy (non-hydrogen) atoms. The zero-order chi connectivity index (χ0) is 18.7. The molecule has 1 aliphatic carbocycles. The highest BCUT2D eigenvalue weighted by Gasteiger charge is 2.39. The number of hydrogen-bond donors (Lipinski definition) is 3. The maximum atomic E-state index is 10.4. The summed E-state index contributed by atoms with van der Waals surface area (Å²) in [7, 11) is 0. The Hall–Kier alpha value is -0.910. The summed E-state index contributed by atoms with van der Waals surface area (Å²) in [5.41, 5.74) is 0. The minimum atomic E-state index is -1.00. The number of carbonyl (C=O) groups excluding carboxylic acids is 1. The predicted octanol–water partition coefficient (Wildman–Crippen LogP) is 1.93. The Morgan fingerprint density at radius 3 is 2.52 bits per heavy atom. The first-order chi connectivity index (χ1) is 12.0. The van der Waals surface area contributed by atoms with E-state index in [0.717, 1.165) is 51.4 Å². The molecule has 0 aliphatic heterocycles. The average molecular weight is 355 g/mol. The van der Waals surface area contributed by atoms with E-state index < -0.39 is 24.3 Å². The number of aliphatic carboxylic acids is 1. The van der Waals surface area contributed by atoms with Crippen LogP contribution in [0, 0.1) is 11.8 Å². The van der Waals surface area contributed by atoms with Crippen molar-refractivity contribution in [2.45, 2.75) is 95.9 Å². The van der Waals surface area contributed by atoms with Crippen molar-refractivity contribution in [3.63, 3.8) is 0 Å². The van der Waals surface area contributed by atoms with E-state index in [0.29, 0.717) is 12.8 Å². The highest BCUT2D eigenvalue weighted by molar-refractivity contribution is 5.64. The summed E-state index contributed by atoms with van der Waals surface area (Å²) in [5.74, 6) is -1.11. The van der Waals surface area contributed by atoms with Gasteiger partial charge < -0.3 is 25.2 Å². The van der Waals surface area contributed by atoms with Crippen molar-refractivity contribution in [3.05, 3.63) is 12.2 Å². The van der Waals surface area contributed by atoms with E-state index in [2.05, 4.69) is 6.92 Å². The molecule has 1 fully saturated rings. The molecule has 0 spiro atoms. The normalized spacial score (nSPS) is 27.8. The van der Waals surface area contributed by atoms with Crippen molar-refractivity contribution in [3.8, 4) is 0 Å². The minimum absolute atomic E-state index is 0.00947. The van der Waals surface area contributed by atoms with E-state index in [9.17, 15) is 25.2 Å². The van der Waals surface area contributed by atoms with Gasteiger partial charge >= 0.3 is 0 Å². The van der Waals surface area contributed by atoms with Crippen LogP contribution in [0.5, 0.6) is 0 Å². The van der Waals surface area contributed by atoms with Gasteiger partial charge in [0.2, 0.25) is 0 Å². The molecule has 3 N–H and O–H groups in total. The summed E-state index contributed by atoms with van der Waals surface area (Å²) in [6.45, 7) is 2.13. The van der Waals surface area contributed by atoms with Crippen molar-refractivity contribution in [2.24, 2.45) is 11.8 Å². The molecule has 146 valence electrons. The smallest absolute Gasteiger partial charge is 0.0721 e. The molecule has 0 heterocycles. The van der Waals surface area contributed by atoms with E-state index in [1.165, 1.54) is 0 Å². The first kappa shape index (κ1) is 22.1. The van der Waals surface area contributed by atoms with Crippen molar-refractivity contribution >= 4 is 5.97 Å².